The summed E-state index contributed by atoms with van der Waals surface area (Å²) >= 11 is 0. The van der Waals surface area contributed by atoms with Gasteiger partial charge in [0.25, 0.3) is 0 Å². The van der Waals surface area contributed by atoms with Gasteiger partial charge in [-0.25, -0.2) is 0 Å². The van der Waals surface area contributed by atoms with E-state index in [9.17, 15) is 19.8 Å². The molecule has 0 fully saturated rings. The molecule has 8 nitrogen and oxygen atoms in total. The lowest BCUT2D eigenvalue weighted by molar-refractivity contribution is -0.140. The molecule has 0 spiro atoms. The summed E-state index contributed by atoms with van der Waals surface area (Å²) in [5.41, 5.74) is 14.6. The van der Waals surface area contributed by atoms with Crippen LogP contribution < -0.4 is 11.5 Å². The first kappa shape index (κ1) is 23.2. The normalized spacial score (nSPS) is 23.2. The molecule has 0 aliphatic heterocycles. The number of nitrogens with two attached hydrogens (primary N) is 2. The van der Waals surface area contributed by atoms with Crippen molar-refractivity contribution in [1.29, 1.82) is 0 Å². The predicted octanol–water partition coefficient (Wildman–Crippen LogP) is 1.91. The number of hydrogen-bond donors (Lipinski definition) is 6. The van der Waals surface area contributed by atoms with Gasteiger partial charge in [-0.2, -0.15) is 0 Å². The number of carboxylic acids is 2. The van der Waals surface area contributed by atoms with Crippen molar-refractivity contribution in [2.45, 2.75) is 50.6 Å². The minimum atomic E-state index is -0.929. The molecule has 2 aliphatic carbocycles. The number of phenolic OH excluding ortho intramolecular Hbond substituents is 2. The van der Waals surface area contributed by atoms with Gasteiger partial charge in [0.05, 0.1) is 11.8 Å². The van der Waals surface area contributed by atoms with Crippen LogP contribution in [0.15, 0.2) is 36.4 Å². The molecule has 30 heavy (non-hydrogen) atoms. The number of rotatable bonds is 2. The molecule has 4 unspecified atom stereocenters. The van der Waals surface area contributed by atoms with Gasteiger partial charge < -0.3 is 31.9 Å². The highest BCUT2D eigenvalue weighted by Crippen LogP contribution is 2.35. The molecule has 2 aromatic rings. The predicted molar refractivity (Wildman–Crippen MR) is 112 cm³/mol. The van der Waals surface area contributed by atoms with Gasteiger partial charge in [-0.3, -0.25) is 9.59 Å². The summed E-state index contributed by atoms with van der Waals surface area (Å²) in [5.74, 6) is -2.91. The Balaban J connectivity index is 0.000000197. The smallest absolute Gasteiger partial charge is 0.312 e. The van der Waals surface area contributed by atoms with E-state index in [0.29, 0.717) is 18.4 Å². The van der Waals surface area contributed by atoms with E-state index in [2.05, 4.69) is 0 Å². The molecule has 2 aromatic carbocycles. The fraction of sp³-hybridized carbons (Fsp3) is 0.364. The van der Waals surface area contributed by atoms with Gasteiger partial charge in [-0.05, 0) is 59.4 Å². The van der Waals surface area contributed by atoms with E-state index in [1.807, 2.05) is 13.8 Å². The molecule has 162 valence electrons. The largest absolute Gasteiger partial charge is 0.508 e. The lowest BCUT2D eigenvalue weighted by Gasteiger charge is -2.10. The van der Waals surface area contributed by atoms with Crippen LogP contribution in [-0.4, -0.2) is 44.4 Å². The number of carboxylic acid groups (broad SMARTS) is 2. The Hall–Kier alpha value is -3.10. The SMILES string of the molecule is CC.NC1Cc2cc(O)ccc2C1C(=O)O.NC1Cc2ccc(O)cc2C1C(=O)O. The van der Waals surface area contributed by atoms with Crippen LogP contribution in [0.4, 0.5) is 0 Å². The summed E-state index contributed by atoms with van der Waals surface area (Å²) in [7, 11) is 0. The summed E-state index contributed by atoms with van der Waals surface area (Å²) in [6, 6.07) is 8.71. The van der Waals surface area contributed by atoms with E-state index in [4.69, 9.17) is 21.7 Å². The molecule has 4 atom stereocenters. The highest BCUT2D eigenvalue weighted by atomic mass is 16.4. The molecule has 0 bridgehead atoms. The molecule has 0 heterocycles. The zero-order valence-electron chi connectivity index (χ0n) is 16.9. The van der Waals surface area contributed by atoms with Crippen LogP contribution in [0.25, 0.3) is 0 Å². The second-order valence-corrected chi connectivity index (χ2v) is 7.13. The van der Waals surface area contributed by atoms with Gasteiger partial charge in [0.15, 0.2) is 0 Å². The van der Waals surface area contributed by atoms with Crippen molar-refractivity contribution in [2.75, 3.05) is 0 Å². The standard InChI is InChI=1S/2C10H11NO3.C2H6/c11-8-4-5-3-6(12)1-2-7(5)9(8)10(13)14;11-8-3-5-1-2-6(12)4-7(5)9(8)10(13)14;1-2/h1-3,8-9,12H,4,11H2,(H,13,14);1-2,4,8-9,12H,3,11H2,(H,13,14);1-2H3. The van der Waals surface area contributed by atoms with Gasteiger partial charge in [0.1, 0.15) is 11.5 Å². The summed E-state index contributed by atoms with van der Waals surface area (Å²) in [6.07, 6.45) is 1.08. The molecule has 2 aliphatic rings. The van der Waals surface area contributed by atoms with Crippen molar-refractivity contribution >= 4 is 11.9 Å². The van der Waals surface area contributed by atoms with Crippen molar-refractivity contribution < 1.29 is 30.0 Å². The minimum Gasteiger partial charge on any atom is -0.508 e. The van der Waals surface area contributed by atoms with Gasteiger partial charge in [-0.1, -0.05) is 26.0 Å². The average Bonchev–Trinajstić information content (AvgIpc) is 3.18. The molecule has 0 saturated carbocycles. The summed E-state index contributed by atoms with van der Waals surface area (Å²) in [5, 5.41) is 36.4. The fourth-order valence-corrected chi connectivity index (χ4v) is 3.97. The van der Waals surface area contributed by atoms with Crippen molar-refractivity contribution in [2.24, 2.45) is 11.5 Å². The minimum absolute atomic E-state index is 0.0871. The molecule has 0 radical (unpaired) electrons. The number of phenols is 2. The lowest BCUT2D eigenvalue weighted by Crippen LogP contribution is -2.30. The van der Waals surface area contributed by atoms with Crippen LogP contribution in [0.5, 0.6) is 11.5 Å². The average molecular weight is 416 g/mol. The third-order valence-electron chi connectivity index (χ3n) is 5.23. The Morgan fingerprint density at radius 1 is 0.767 bits per heavy atom. The van der Waals surface area contributed by atoms with E-state index in [1.165, 1.54) is 12.1 Å². The fourth-order valence-electron chi connectivity index (χ4n) is 3.97. The Bertz CT molecular complexity index is 930. The molecular weight excluding hydrogens is 388 g/mol. The number of aliphatic carboxylic acids is 2. The third-order valence-corrected chi connectivity index (χ3v) is 5.23. The monoisotopic (exact) mass is 416 g/mol. The maximum Gasteiger partial charge on any atom is 0.312 e. The maximum absolute atomic E-state index is 10.9. The van der Waals surface area contributed by atoms with Crippen LogP contribution in [0.2, 0.25) is 0 Å². The van der Waals surface area contributed by atoms with E-state index in [1.54, 1.807) is 24.3 Å². The third kappa shape index (κ3) is 4.72. The summed E-state index contributed by atoms with van der Waals surface area (Å²) in [4.78, 5) is 21.8. The number of benzene rings is 2. The first-order valence-corrected chi connectivity index (χ1v) is 9.79. The molecule has 4 rings (SSSR count). The number of hydrogen-bond acceptors (Lipinski definition) is 6. The second-order valence-electron chi connectivity index (χ2n) is 7.13. The van der Waals surface area contributed by atoms with E-state index in [-0.39, 0.29) is 23.6 Å². The quantitative estimate of drug-likeness (QED) is 0.431. The molecule has 8 N–H and O–H groups in total. The van der Waals surface area contributed by atoms with Crippen LogP contribution in [0, 0.1) is 0 Å². The molecule has 0 saturated heterocycles. The molecule has 0 amide bonds. The van der Waals surface area contributed by atoms with Crippen LogP contribution >= 0.6 is 0 Å². The Morgan fingerprint density at radius 2 is 1.23 bits per heavy atom. The Morgan fingerprint density at radius 3 is 1.80 bits per heavy atom. The van der Waals surface area contributed by atoms with Crippen molar-refractivity contribution in [3.05, 3.63) is 58.7 Å². The van der Waals surface area contributed by atoms with Crippen LogP contribution in [0.1, 0.15) is 47.9 Å². The molecule has 0 aromatic heterocycles. The van der Waals surface area contributed by atoms with Gasteiger partial charge >= 0.3 is 11.9 Å². The summed E-state index contributed by atoms with van der Waals surface area (Å²) < 4.78 is 0. The maximum atomic E-state index is 10.9. The van der Waals surface area contributed by atoms with Crippen molar-refractivity contribution in [1.82, 2.24) is 0 Å². The van der Waals surface area contributed by atoms with E-state index >= 15 is 0 Å². The number of fused-ring (bicyclic) bond motifs is 2. The Kier molecular flexibility index (Phi) is 7.42. The molecular formula is C22H28N2O6. The number of carbonyl (C=O) groups is 2. The Labute approximate surface area is 174 Å². The van der Waals surface area contributed by atoms with E-state index in [0.717, 1.165) is 16.7 Å². The number of aromatic hydroxyl groups is 2. The first-order chi connectivity index (χ1) is 14.2. The van der Waals surface area contributed by atoms with Crippen molar-refractivity contribution in [3.8, 4) is 11.5 Å². The first-order valence-electron chi connectivity index (χ1n) is 9.79. The van der Waals surface area contributed by atoms with Gasteiger partial charge in [-0.15, -0.1) is 0 Å². The van der Waals surface area contributed by atoms with Crippen LogP contribution in [0.3, 0.4) is 0 Å². The van der Waals surface area contributed by atoms with Crippen LogP contribution in [-0.2, 0) is 22.4 Å². The summed E-state index contributed by atoms with van der Waals surface area (Å²) in [6.45, 7) is 4.00. The van der Waals surface area contributed by atoms with Crippen molar-refractivity contribution in [3.63, 3.8) is 0 Å². The zero-order chi connectivity index (χ0) is 22.6. The zero-order valence-corrected chi connectivity index (χ0v) is 16.9. The lowest BCUT2D eigenvalue weighted by atomic mass is 9.99. The molecule has 8 heteroatoms. The highest BCUT2D eigenvalue weighted by molar-refractivity contribution is 5.80. The van der Waals surface area contributed by atoms with Gasteiger partial charge in [0.2, 0.25) is 0 Å². The second kappa shape index (κ2) is 9.60. The van der Waals surface area contributed by atoms with Gasteiger partial charge in [0, 0.05) is 12.1 Å². The topological polar surface area (TPSA) is 167 Å². The van der Waals surface area contributed by atoms with E-state index < -0.39 is 23.8 Å². The highest BCUT2D eigenvalue weighted by Gasteiger charge is 2.36.